The molecule has 0 aromatic heterocycles. The number of hydrogen-bond donors (Lipinski definition) is 1. The minimum Gasteiger partial charge on any atom is -0.374 e. The lowest BCUT2D eigenvalue weighted by molar-refractivity contribution is 0.321. The topological polar surface area (TPSA) is 15.3 Å². The quantitative estimate of drug-likeness (QED) is 0.809. The summed E-state index contributed by atoms with van der Waals surface area (Å²) in [4.78, 5) is 2.45. The number of hydrogen-bond acceptors (Lipinski definition) is 2. The molecular weight excluding hydrogens is 244 g/mol. The third-order valence-corrected chi connectivity index (χ3v) is 4.27. The molecule has 0 spiro atoms. The Labute approximate surface area is 124 Å². The molecule has 0 unspecified atom stereocenters. The Hall–Kier alpha value is -1.02. The van der Waals surface area contributed by atoms with Crippen LogP contribution in [0.25, 0.3) is 0 Å². The van der Waals surface area contributed by atoms with E-state index in [0.717, 1.165) is 19.0 Å². The van der Waals surface area contributed by atoms with E-state index in [-0.39, 0.29) is 0 Å². The van der Waals surface area contributed by atoms with Crippen LogP contribution in [-0.4, -0.2) is 20.1 Å². The van der Waals surface area contributed by atoms with Gasteiger partial charge in [0.05, 0.1) is 0 Å². The largest absolute Gasteiger partial charge is 0.374 e. The fourth-order valence-corrected chi connectivity index (χ4v) is 2.88. The van der Waals surface area contributed by atoms with Crippen LogP contribution in [-0.2, 0) is 6.54 Å². The number of benzene rings is 1. The molecule has 0 aliphatic heterocycles. The zero-order valence-electron chi connectivity index (χ0n) is 13.6. The van der Waals surface area contributed by atoms with Crippen LogP contribution in [0.3, 0.4) is 0 Å². The van der Waals surface area contributed by atoms with Gasteiger partial charge in [-0.25, -0.2) is 0 Å². The molecule has 0 heterocycles. The molecule has 0 bridgehead atoms. The zero-order valence-corrected chi connectivity index (χ0v) is 13.6. The summed E-state index contributed by atoms with van der Waals surface area (Å²) in [6.07, 6.45) is 4.25. The first-order valence-corrected chi connectivity index (χ1v) is 8.07. The summed E-state index contributed by atoms with van der Waals surface area (Å²) >= 11 is 0. The molecule has 20 heavy (non-hydrogen) atoms. The minimum absolute atomic E-state index is 0.705. The highest BCUT2D eigenvalue weighted by Gasteiger charge is 2.20. The van der Waals surface area contributed by atoms with Crippen molar-refractivity contribution in [2.45, 2.75) is 46.6 Å². The highest BCUT2D eigenvalue weighted by Crippen LogP contribution is 2.29. The van der Waals surface area contributed by atoms with E-state index in [1.165, 1.54) is 42.6 Å². The normalized spacial score (nSPS) is 15.4. The van der Waals surface area contributed by atoms with Gasteiger partial charge in [-0.2, -0.15) is 0 Å². The average molecular weight is 274 g/mol. The predicted octanol–water partition coefficient (Wildman–Crippen LogP) is 3.98. The molecule has 1 saturated carbocycles. The number of anilines is 1. The van der Waals surface area contributed by atoms with E-state index in [0.29, 0.717) is 5.92 Å². The van der Waals surface area contributed by atoms with E-state index in [1.54, 1.807) is 0 Å². The molecule has 112 valence electrons. The van der Waals surface area contributed by atoms with Crippen molar-refractivity contribution in [3.05, 3.63) is 29.3 Å². The predicted molar refractivity (Wildman–Crippen MR) is 88.3 cm³/mol. The molecule has 1 N–H and O–H groups in total. The molecule has 0 saturated heterocycles. The van der Waals surface area contributed by atoms with Crippen LogP contribution in [0.1, 0.15) is 44.2 Å². The van der Waals surface area contributed by atoms with Crippen molar-refractivity contribution >= 4 is 5.69 Å². The van der Waals surface area contributed by atoms with Crippen LogP contribution in [0.2, 0.25) is 0 Å². The van der Waals surface area contributed by atoms with Gasteiger partial charge < -0.3 is 10.2 Å². The van der Waals surface area contributed by atoms with Crippen molar-refractivity contribution in [1.82, 2.24) is 5.32 Å². The molecule has 1 aromatic rings. The number of rotatable bonds is 7. The molecule has 0 atom stereocenters. The highest BCUT2D eigenvalue weighted by molar-refractivity contribution is 5.54. The van der Waals surface area contributed by atoms with Gasteiger partial charge in [-0.1, -0.05) is 38.0 Å². The van der Waals surface area contributed by atoms with Gasteiger partial charge in [0.15, 0.2) is 0 Å². The standard InChI is InChI=1S/C18H30N2/c1-14(2)11-19-12-17-10-15(3)8-9-18(17)20(4)13-16-6-5-7-16/h8-10,14,16,19H,5-7,11-13H2,1-4H3. The van der Waals surface area contributed by atoms with Crippen LogP contribution in [0, 0.1) is 18.8 Å². The summed E-state index contributed by atoms with van der Waals surface area (Å²) in [5, 5.41) is 3.58. The smallest absolute Gasteiger partial charge is 0.0409 e. The van der Waals surface area contributed by atoms with Crippen molar-refractivity contribution in [3.8, 4) is 0 Å². The molecule has 2 heteroatoms. The lowest BCUT2D eigenvalue weighted by atomic mass is 9.85. The maximum Gasteiger partial charge on any atom is 0.0409 e. The maximum atomic E-state index is 3.58. The Kier molecular flexibility index (Phi) is 5.47. The van der Waals surface area contributed by atoms with Crippen LogP contribution in [0.15, 0.2) is 18.2 Å². The maximum absolute atomic E-state index is 3.58. The number of aryl methyl sites for hydroxylation is 1. The molecule has 1 fully saturated rings. The summed E-state index contributed by atoms with van der Waals surface area (Å²) in [6, 6.07) is 6.86. The Balaban J connectivity index is 2.01. The van der Waals surface area contributed by atoms with E-state index < -0.39 is 0 Å². The average Bonchev–Trinajstić information content (AvgIpc) is 2.33. The summed E-state index contributed by atoms with van der Waals surface area (Å²) in [5.74, 6) is 1.62. The van der Waals surface area contributed by atoms with E-state index in [9.17, 15) is 0 Å². The first-order valence-electron chi connectivity index (χ1n) is 8.07. The van der Waals surface area contributed by atoms with E-state index >= 15 is 0 Å². The second-order valence-electron chi connectivity index (χ2n) is 6.83. The zero-order chi connectivity index (χ0) is 14.5. The SMILES string of the molecule is Cc1ccc(N(C)CC2CCC2)c(CNCC(C)C)c1. The lowest BCUT2D eigenvalue weighted by Crippen LogP contribution is -2.30. The van der Waals surface area contributed by atoms with E-state index in [2.05, 4.69) is 56.2 Å². The third-order valence-electron chi connectivity index (χ3n) is 4.27. The minimum atomic E-state index is 0.705. The van der Waals surface area contributed by atoms with Gasteiger partial charge in [0.25, 0.3) is 0 Å². The van der Waals surface area contributed by atoms with Crippen LogP contribution >= 0.6 is 0 Å². The van der Waals surface area contributed by atoms with Gasteiger partial charge >= 0.3 is 0 Å². The molecule has 2 nitrogen and oxygen atoms in total. The fraction of sp³-hybridized carbons (Fsp3) is 0.667. The van der Waals surface area contributed by atoms with E-state index in [4.69, 9.17) is 0 Å². The second kappa shape index (κ2) is 7.12. The van der Waals surface area contributed by atoms with Gasteiger partial charge in [-0.15, -0.1) is 0 Å². The molecular formula is C18H30N2. The van der Waals surface area contributed by atoms with E-state index in [1.807, 2.05) is 0 Å². The van der Waals surface area contributed by atoms with Crippen molar-refractivity contribution in [3.63, 3.8) is 0 Å². The van der Waals surface area contributed by atoms with Crippen LogP contribution in [0.4, 0.5) is 5.69 Å². The second-order valence-corrected chi connectivity index (χ2v) is 6.83. The number of nitrogens with zero attached hydrogens (tertiary/aromatic N) is 1. The summed E-state index contributed by atoms with van der Waals surface area (Å²) in [5.41, 5.74) is 4.19. The number of nitrogens with one attached hydrogen (secondary N) is 1. The Morgan fingerprint density at radius 2 is 2.05 bits per heavy atom. The lowest BCUT2D eigenvalue weighted by Gasteiger charge is -2.32. The molecule has 2 rings (SSSR count). The first kappa shape index (κ1) is 15.4. The molecule has 1 aliphatic rings. The molecule has 0 amide bonds. The first-order chi connectivity index (χ1) is 9.56. The molecule has 0 radical (unpaired) electrons. The van der Waals surface area contributed by atoms with Crippen molar-refractivity contribution in [1.29, 1.82) is 0 Å². The monoisotopic (exact) mass is 274 g/mol. The van der Waals surface area contributed by atoms with Crippen molar-refractivity contribution < 1.29 is 0 Å². The van der Waals surface area contributed by atoms with Gasteiger partial charge in [0.2, 0.25) is 0 Å². The van der Waals surface area contributed by atoms with Crippen LogP contribution < -0.4 is 10.2 Å². The Morgan fingerprint density at radius 3 is 2.65 bits per heavy atom. The molecule has 1 aromatic carbocycles. The third kappa shape index (κ3) is 4.24. The summed E-state index contributed by atoms with van der Waals surface area (Å²) in [7, 11) is 2.24. The summed E-state index contributed by atoms with van der Waals surface area (Å²) < 4.78 is 0. The van der Waals surface area contributed by atoms with Gasteiger partial charge in [0.1, 0.15) is 0 Å². The Morgan fingerprint density at radius 1 is 1.30 bits per heavy atom. The van der Waals surface area contributed by atoms with Gasteiger partial charge in [-0.3, -0.25) is 0 Å². The van der Waals surface area contributed by atoms with Crippen molar-refractivity contribution in [2.75, 3.05) is 25.0 Å². The van der Waals surface area contributed by atoms with Crippen molar-refractivity contribution in [2.24, 2.45) is 11.8 Å². The Bertz CT molecular complexity index is 421. The summed E-state index contributed by atoms with van der Waals surface area (Å²) in [6.45, 7) is 9.96. The fourth-order valence-electron chi connectivity index (χ4n) is 2.88. The molecule has 1 aliphatic carbocycles. The van der Waals surface area contributed by atoms with Gasteiger partial charge in [-0.05, 0) is 49.8 Å². The highest BCUT2D eigenvalue weighted by atomic mass is 15.1. The van der Waals surface area contributed by atoms with Gasteiger partial charge in [0, 0.05) is 25.8 Å². The van der Waals surface area contributed by atoms with Crippen LogP contribution in [0.5, 0.6) is 0 Å².